The van der Waals surface area contributed by atoms with Crippen LogP contribution in [0.25, 0.3) is 0 Å². The van der Waals surface area contributed by atoms with Crippen molar-refractivity contribution in [2.75, 3.05) is 23.5 Å². The maximum Gasteiger partial charge on any atom is 0.245 e. The van der Waals surface area contributed by atoms with Gasteiger partial charge in [-0.3, -0.25) is 4.21 Å². The molecule has 0 aromatic carbocycles. The van der Waals surface area contributed by atoms with E-state index in [0.717, 1.165) is 48.6 Å². The Balaban J connectivity index is 2.14. The van der Waals surface area contributed by atoms with E-state index in [0.29, 0.717) is 12.0 Å². The van der Waals surface area contributed by atoms with E-state index in [9.17, 15) is 4.21 Å². The number of aromatic nitrogens is 3. The summed E-state index contributed by atoms with van der Waals surface area (Å²) in [6, 6.07) is 0.386. The molecule has 6 heteroatoms. The summed E-state index contributed by atoms with van der Waals surface area (Å²) in [7, 11) is 1.39. The highest BCUT2D eigenvalue weighted by molar-refractivity contribution is 7.85. The molecule has 1 fully saturated rings. The summed E-state index contributed by atoms with van der Waals surface area (Å²) in [6.45, 7) is 4.17. The zero-order valence-corrected chi connectivity index (χ0v) is 12.7. The summed E-state index contributed by atoms with van der Waals surface area (Å²) in [5, 5.41) is 8.53. The van der Waals surface area contributed by atoms with Gasteiger partial charge in [0.15, 0.2) is 0 Å². The first kappa shape index (κ1) is 14.4. The van der Waals surface area contributed by atoms with Crippen LogP contribution in [0.5, 0.6) is 0 Å². The van der Waals surface area contributed by atoms with E-state index in [2.05, 4.69) is 33.9 Å². The smallest absolute Gasteiger partial charge is 0.245 e. The van der Waals surface area contributed by atoms with E-state index in [1.54, 1.807) is 0 Å². The molecule has 0 atom stereocenters. The van der Waals surface area contributed by atoms with Crippen LogP contribution in [0.2, 0.25) is 0 Å². The summed E-state index contributed by atoms with van der Waals surface area (Å²) < 4.78 is 11.4. The van der Waals surface area contributed by atoms with Crippen molar-refractivity contribution in [2.45, 2.75) is 45.6 Å². The van der Waals surface area contributed by atoms with Gasteiger partial charge in [0.1, 0.15) is 0 Å². The highest BCUT2D eigenvalue weighted by Gasteiger charge is 2.23. The van der Waals surface area contributed by atoms with E-state index in [1.807, 2.05) is 7.05 Å². The summed E-state index contributed by atoms with van der Waals surface area (Å²) in [6.07, 6.45) is 3.65. The third-order valence-corrected chi connectivity index (χ3v) is 5.10. The summed E-state index contributed by atoms with van der Waals surface area (Å²) >= 11 is 0. The fourth-order valence-corrected chi connectivity index (χ4v) is 3.68. The average molecular weight is 282 g/mol. The van der Waals surface area contributed by atoms with E-state index >= 15 is 0 Å². The Labute approximate surface area is 117 Å². The summed E-state index contributed by atoms with van der Waals surface area (Å²) in [5.41, 5.74) is 2.03. The maximum atomic E-state index is 11.4. The van der Waals surface area contributed by atoms with Crippen molar-refractivity contribution in [1.82, 2.24) is 15.2 Å². The Bertz CT molecular complexity index is 456. The van der Waals surface area contributed by atoms with Gasteiger partial charge in [-0.2, -0.15) is 5.10 Å². The normalized spacial score (nSPS) is 23.3. The van der Waals surface area contributed by atoms with E-state index in [-0.39, 0.29) is 0 Å². The zero-order chi connectivity index (χ0) is 13.8. The molecule has 0 aliphatic carbocycles. The minimum absolute atomic E-state index is 0.386. The van der Waals surface area contributed by atoms with Crippen LogP contribution in [0.1, 0.15) is 38.1 Å². The predicted octanol–water partition coefficient (Wildman–Crippen LogP) is 1.34. The molecule has 2 rings (SSSR count). The minimum Gasteiger partial charge on any atom is -0.340 e. The van der Waals surface area contributed by atoms with Crippen LogP contribution in [0.4, 0.5) is 5.95 Å². The number of hydrogen-bond acceptors (Lipinski definition) is 5. The van der Waals surface area contributed by atoms with Crippen LogP contribution >= 0.6 is 0 Å². The highest BCUT2D eigenvalue weighted by Crippen LogP contribution is 2.19. The molecule has 0 unspecified atom stereocenters. The van der Waals surface area contributed by atoms with Crippen LogP contribution in [0.15, 0.2) is 0 Å². The van der Waals surface area contributed by atoms with Crippen molar-refractivity contribution in [3.8, 4) is 0 Å². The van der Waals surface area contributed by atoms with Gasteiger partial charge in [-0.25, -0.2) is 4.98 Å². The predicted molar refractivity (Wildman–Crippen MR) is 77.9 cm³/mol. The van der Waals surface area contributed by atoms with Crippen LogP contribution < -0.4 is 4.90 Å². The molecule has 5 nitrogen and oxygen atoms in total. The SMILES string of the molecule is CCc1nnc(N(C)C2CCS(=O)CC2)nc1CC. The van der Waals surface area contributed by atoms with Crippen molar-refractivity contribution in [3.63, 3.8) is 0 Å². The molecule has 19 heavy (non-hydrogen) atoms. The van der Waals surface area contributed by atoms with Crippen molar-refractivity contribution in [3.05, 3.63) is 11.4 Å². The zero-order valence-electron chi connectivity index (χ0n) is 11.9. The molecular weight excluding hydrogens is 260 g/mol. The van der Waals surface area contributed by atoms with Gasteiger partial charge in [-0.1, -0.05) is 13.8 Å². The molecule has 0 bridgehead atoms. The number of aryl methyl sites for hydroxylation is 2. The molecule has 2 heterocycles. The van der Waals surface area contributed by atoms with Crippen molar-refractivity contribution >= 4 is 16.7 Å². The standard InChI is InChI=1S/C13H22N4OS/c1-4-11-12(5-2)15-16-13(14-11)17(3)10-6-8-19(18)9-7-10/h10H,4-9H2,1-3H3. The number of hydrogen-bond donors (Lipinski definition) is 0. The molecule has 1 saturated heterocycles. The third-order valence-electron chi connectivity index (χ3n) is 3.72. The minimum atomic E-state index is -0.628. The first-order valence-corrected chi connectivity index (χ1v) is 8.44. The van der Waals surface area contributed by atoms with Crippen LogP contribution in [0.3, 0.4) is 0 Å². The van der Waals surface area contributed by atoms with Gasteiger partial charge in [0.2, 0.25) is 5.95 Å². The fraction of sp³-hybridized carbons (Fsp3) is 0.769. The van der Waals surface area contributed by atoms with Crippen molar-refractivity contribution in [2.24, 2.45) is 0 Å². The monoisotopic (exact) mass is 282 g/mol. The Morgan fingerprint density at radius 1 is 1.16 bits per heavy atom. The van der Waals surface area contributed by atoms with Gasteiger partial charge < -0.3 is 4.90 Å². The van der Waals surface area contributed by atoms with Crippen LogP contribution in [0, 0.1) is 0 Å². The number of anilines is 1. The van der Waals surface area contributed by atoms with Gasteiger partial charge in [-0.05, 0) is 25.7 Å². The highest BCUT2D eigenvalue weighted by atomic mass is 32.2. The van der Waals surface area contributed by atoms with Gasteiger partial charge >= 0.3 is 0 Å². The molecule has 0 N–H and O–H groups in total. The van der Waals surface area contributed by atoms with Gasteiger partial charge in [0.05, 0.1) is 11.4 Å². The number of rotatable bonds is 4. The van der Waals surface area contributed by atoms with E-state index in [1.165, 1.54) is 0 Å². The number of nitrogens with zero attached hydrogens (tertiary/aromatic N) is 4. The van der Waals surface area contributed by atoms with Crippen molar-refractivity contribution < 1.29 is 4.21 Å². The maximum absolute atomic E-state index is 11.4. The first-order chi connectivity index (χ1) is 9.15. The largest absolute Gasteiger partial charge is 0.340 e. The Kier molecular flexibility index (Phi) is 4.85. The Morgan fingerprint density at radius 3 is 2.37 bits per heavy atom. The van der Waals surface area contributed by atoms with Crippen molar-refractivity contribution in [1.29, 1.82) is 0 Å². The molecule has 1 aromatic rings. The second-order valence-electron chi connectivity index (χ2n) is 4.90. The molecule has 106 valence electrons. The van der Waals surface area contributed by atoms with Gasteiger partial charge in [0, 0.05) is 35.4 Å². The molecule has 1 aliphatic rings. The molecule has 0 amide bonds. The Morgan fingerprint density at radius 2 is 1.79 bits per heavy atom. The average Bonchev–Trinajstić information content (AvgIpc) is 2.46. The molecule has 0 spiro atoms. The third kappa shape index (κ3) is 3.29. The van der Waals surface area contributed by atoms with Gasteiger partial charge in [0.25, 0.3) is 0 Å². The lowest BCUT2D eigenvalue weighted by atomic mass is 10.1. The summed E-state index contributed by atoms with van der Waals surface area (Å²) in [5.74, 6) is 2.28. The lowest BCUT2D eigenvalue weighted by Crippen LogP contribution is -2.38. The topological polar surface area (TPSA) is 59.0 Å². The second-order valence-corrected chi connectivity index (χ2v) is 6.60. The molecule has 0 saturated carbocycles. The molecule has 1 aromatic heterocycles. The van der Waals surface area contributed by atoms with Gasteiger partial charge in [-0.15, -0.1) is 5.10 Å². The Hall–Kier alpha value is -1.04. The lowest BCUT2D eigenvalue weighted by molar-refractivity contribution is 0.557. The fourth-order valence-electron chi connectivity index (χ4n) is 2.41. The quantitative estimate of drug-likeness (QED) is 0.834. The molecule has 1 aliphatic heterocycles. The second kappa shape index (κ2) is 6.41. The lowest BCUT2D eigenvalue weighted by Gasteiger charge is -2.30. The summed E-state index contributed by atoms with van der Waals surface area (Å²) in [4.78, 5) is 6.73. The van der Waals surface area contributed by atoms with E-state index < -0.39 is 10.8 Å². The van der Waals surface area contributed by atoms with Crippen LogP contribution in [-0.2, 0) is 23.6 Å². The van der Waals surface area contributed by atoms with Crippen LogP contribution in [-0.4, -0.2) is 44.0 Å². The molecule has 0 radical (unpaired) electrons. The molecular formula is C13H22N4OS. The first-order valence-electron chi connectivity index (χ1n) is 6.96. The van der Waals surface area contributed by atoms with E-state index in [4.69, 9.17) is 0 Å².